The molecule has 3 nitrogen and oxygen atoms in total. The fourth-order valence-electron chi connectivity index (χ4n) is 5.16. The normalized spacial score (nSPS) is 11.2. The molecule has 0 fully saturated rings. The van der Waals surface area contributed by atoms with Crippen molar-refractivity contribution in [2.45, 2.75) is 168 Å². The number of aliphatic carboxylic acids is 1. The second kappa shape index (κ2) is 24.0. The summed E-state index contributed by atoms with van der Waals surface area (Å²) in [6.07, 6.45) is 27.9. The topological polar surface area (TPSA) is 63.3 Å². The van der Waals surface area contributed by atoms with Gasteiger partial charge in [0.25, 0.3) is 5.97 Å². The van der Waals surface area contributed by atoms with E-state index in [1.807, 2.05) is 0 Å². The summed E-state index contributed by atoms with van der Waals surface area (Å²) in [6, 6.07) is 9.18. The molecule has 0 spiro atoms. The quantitative estimate of drug-likeness (QED) is 0.155. The van der Waals surface area contributed by atoms with Crippen LogP contribution in [0.5, 0.6) is 0 Å². The number of hydrogen-bond acceptors (Lipinski definition) is 2. The third-order valence-corrected chi connectivity index (χ3v) is 7.31. The van der Waals surface area contributed by atoms with Crippen LogP contribution >= 0.6 is 0 Å². The summed E-state index contributed by atoms with van der Waals surface area (Å²) in [4.78, 5) is 9.00. The molecule has 0 aliphatic heterocycles. The Kier molecular flexibility index (Phi) is 23.1. The van der Waals surface area contributed by atoms with E-state index in [0.29, 0.717) is 0 Å². The van der Waals surface area contributed by atoms with E-state index in [9.17, 15) is 0 Å². The highest BCUT2D eigenvalue weighted by Crippen LogP contribution is 2.34. The van der Waals surface area contributed by atoms with Gasteiger partial charge in [0.05, 0.1) is 0 Å². The lowest BCUT2D eigenvalue weighted by molar-refractivity contribution is -0.134. The molecule has 0 atom stereocenters. The van der Waals surface area contributed by atoms with E-state index in [1.165, 1.54) is 133 Å². The highest BCUT2D eigenvalue weighted by atomic mass is 16.4. The minimum atomic E-state index is -0.833. The van der Waals surface area contributed by atoms with Crippen LogP contribution in [0.1, 0.15) is 167 Å². The van der Waals surface area contributed by atoms with E-state index in [2.05, 4.69) is 45.0 Å². The maximum atomic E-state index is 9.00. The molecular formula is C33H61NO2. The van der Waals surface area contributed by atoms with Crippen molar-refractivity contribution >= 4 is 5.97 Å². The lowest BCUT2D eigenvalue weighted by atomic mass is 9.78. The standard InChI is InChI=1S/C31H57N.C2H4O2/c1-4-7-10-13-16-19-24-29-25-20-21-26-30(29)31(32,27-22-17-14-11-8-5-2)28-23-18-15-12-9-6-3;1-2(3)4/h20-21,25-26H,4-19,22-24,27-28,32H2,1-3H3;1H3,(H,3,4). The van der Waals surface area contributed by atoms with Gasteiger partial charge in [0.2, 0.25) is 0 Å². The number of hydrogen-bond donors (Lipinski definition) is 2. The maximum Gasteiger partial charge on any atom is 0.300 e. The largest absolute Gasteiger partial charge is 0.481 e. The van der Waals surface area contributed by atoms with Crippen molar-refractivity contribution in [3.8, 4) is 0 Å². The molecule has 0 saturated heterocycles. The molecule has 1 aromatic carbocycles. The minimum absolute atomic E-state index is 0.131. The second-order valence-corrected chi connectivity index (χ2v) is 10.9. The Bertz CT molecular complexity index is 608. The van der Waals surface area contributed by atoms with Gasteiger partial charge in [-0.3, -0.25) is 4.79 Å². The van der Waals surface area contributed by atoms with Crippen molar-refractivity contribution in [3.05, 3.63) is 35.4 Å². The first-order valence-electron chi connectivity index (χ1n) is 15.5. The van der Waals surface area contributed by atoms with Gasteiger partial charge in [0, 0.05) is 12.5 Å². The van der Waals surface area contributed by atoms with Crippen LogP contribution < -0.4 is 5.73 Å². The first-order chi connectivity index (χ1) is 17.4. The lowest BCUT2D eigenvalue weighted by Gasteiger charge is -2.33. The smallest absolute Gasteiger partial charge is 0.300 e. The van der Waals surface area contributed by atoms with E-state index in [-0.39, 0.29) is 5.54 Å². The Labute approximate surface area is 225 Å². The third kappa shape index (κ3) is 18.9. The van der Waals surface area contributed by atoms with Crippen molar-refractivity contribution < 1.29 is 9.90 Å². The monoisotopic (exact) mass is 503 g/mol. The summed E-state index contributed by atoms with van der Waals surface area (Å²) in [5.74, 6) is -0.833. The highest BCUT2D eigenvalue weighted by molar-refractivity contribution is 5.62. The zero-order valence-corrected chi connectivity index (χ0v) is 24.6. The Hall–Kier alpha value is -1.35. The Morgan fingerprint density at radius 2 is 1.03 bits per heavy atom. The van der Waals surface area contributed by atoms with Crippen LogP contribution in [0.15, 0.2) is 24.3 Å². The molecule has 0 amide bonds. The van der Waals surface area contributed by atoms with Gasteiger partial charge in [-0.15, -0.1) is 0 Å². The number of rotatable bonds is 22. The Balaban J connectivity index is 0.00000283. The first-order valence-corrected chi connectivity index (χ1v) is 15.5. The number of nitrogens with two attached hydrogens (primary N) is 1. The zero-order chi connectivity index (χ0) is 26.9. The van der Waals surface area contributed by atoms with Gasteiger partial charge < -0.3 is 10.8 Å². The van der Waals surface area contributed by atoms with Gasteiger partial charge in [-0.2, -0.15) is 0 Å². The molecule has 0 aromatic heterocycles. The third-order valence-electron chi connectivity index (χ3n) is 7.31. The molecule has 3 N–H and O–H groups in total. The van der Waals surface area contributed by atoms with Crippen LogP contribution in [0.25, 0.3) is 0 Å². The minimum Gasteiger partial charge on any atom is -0.481 e. The number of benzene rings is 1. The molecule has 0 aliphatic carbocycles. The molecule has 36 heavy (non-hydrogen) atoms. The molecule has 0 saturated carbocycles. The Morgan fingerprint density at radius 3 is 1.47 bits per heavy atom. The van der Waals surface area contributed by atoms with Gasteiger partial charge in [0.1, 0.15) is 0 Å². The number of carbonyl (C=O) groups is 1. The zero-order valence-electron chi connectivity index (χ0n) is 24.6. The average molecular weight is 504 g/mol. The number of carboxylic acid groups (broad SMARTS) is 1. The van der Waals surface area contributed by atoms with E-state index in [1.54, 1.807) is 0 Å². The van der Waals surface area contributed by atoms with Crippen LogP contribution in [0, 0.1) is 0 Å². The van der Waals surface area contributed by atoms with E-state index in [0.717, 1.165) is 19.8 Å². The van der Waals surface area contributed by atoms with Gasteiger partial charge >= 0.3 is 0 Å². The predicted molar refractivity (Wildman–Crippen MR) is 159 cm³/mol. The number of unbranched alkanes of at least 4 members (excludes halogenated alkanes) is 15. The van der Waals surface area contributed by atoms with Gasteiger partial charge in [-0.05, 0) is 36.8 Å². The van der Waals surface area contributed by atoms with E-state index < -0.39 is 5.97 Å². The average Bonchev–Trinajstić information content (AvgIpc) is 2.85. The van der Waals surface area contributed by atoms with Crippen molar-refractivity contribution in [3.63, 3.8) is 0 Å². The second-order valence-electron chi connectivity index (χ2n) is 10.9. The van der Waals surface area contributed by atoms with Gasteiger partial charge in [0.15, 0.2) is 0 Å². The predicted octanol–water partition coefficient (Wildman–Crippen LogP) is 10.3. The SMILES string of the molecule is CC(=O)O.CCCCCCCCc1ccccc1C(N)(CCCCCCCC)CCCCCCCC. The van der Waals surface area contributed by atoms with Crippen LogP contribution in [0.3, 0.4) is 0 Å². The molecule has 3 heteroatoms. The fraction of sp³-hybridized carbons (Fsp3) is 0.788. The lowest BCUT2D eigenvalue weighted by Crippen LogP contribution is -2.37. The summed E-state index contributed by atoms with van der Waals surface area (Å²) in [5, 5.41) is 7.42. The molecule has 210 valence electrons. The molecule has 0 unspecified atom stereocenters. The maximum absolute atomic E-state index is 9.00. The molecule has 1 aromatic rings. The first kappa shape index (κ1) is 34.6. The highest BCUT2D eigenvalue weighted by Gasteiger charge is 2.28. The molecule has 0 bridgehead atoms. The van der Waals surface area contributed by atoms with Crippen LogP contribution in [-0.4, -0.2) is 11.1 Å². The molecule has 0 heterocycles. The van der Waals surface area contributed by atoms with Crippen LogP contribution in [-0.2, 0) is 16.8 Å². The summed E-state index contributed by atoms with van der Waals surface area (Å²) < 4.78 is 0. The van der Waals surface area contributed by atoms with Crippen molar-refractivity contribution in [2.24, 2.45) is 5.73 Å². The number of carboxylic acids is 1. The summed E-state index contributed by atoms with van der Waals surface area (Å²) in [7, 11) is 0. The van der Waals surface area contributed by atoms with Gasteiger partial charge in [-0.25, -0.2) is 0 Å². The number of aryl methyl sites for hydroxylation is 1. The summed E-state index contributed by atoms with van der Waals surface area (Å²) >= 11 is 0. The van der Waals surface area contributed by atoms with Gasteiger partial charge in [-0.1, -0.05) is 154 Å². The molecule has 0 radical (unpaired) electrons. The molecule has 0 aliphatic rings. The van der Waals surface area contributed by atoms with Crippen molar-refractivity contribution in [1.29, 1.82) is 0 Å². The van der Waals surface area contributed by atoms with Crippen molar-refractivity contribution in [1.82, 2.24) is 0 Å². The Morgan fingerprint density at radius 1 is 0.667 bits per heavy atom. The van der Waals surface area contributed by atoms with Crippen LogP contribution in [0.2, 0.25) is 0 Å². The summed E-state index contributed by atoms with van der Waals surface area (Å²) in [5.41, 5.74) is 10.1. The van der Waals surface area contributed by atoms with E-state index in [4.69, 9.17) is 15.6 Å². The van der Waals surface area contributed by atoms with E-state index >= 15 is 0 Å². The van der Waals surface area contributed by atoms with Crippen molar-refractivity contribution in [2.75, 3.05) is 0 Å². The fourth-order valence-corrected chi connectivity index (χ4v) is 5.16. The molecular weight excluding hydrogens is 442 g/mol. The molecule has 1 rings (SSSR count). The van der Waals surface area contributed by atoms with Crippen LogP contribution in [0.4, 0.5) is 0 Å². The summed E-state index contributed by atoms with van der Waals surface area (Å²) in [6.45, 7) is 7.98.